The smallest absolute Gasteiger partial charge is 0.168 e. The van der Waals surface area contributed by atoms with Crippen LogP contribution in [0.3, 0.4) is 0 Å². The van der Waals surface area contributed by atoms with Gasteiger partial charge in [-0.3, -0.25) is 4.57 Å². The first kappa shape index (κ1) is 24.1. The number of fused-ring (bicyclic) bond motifs is 1. The van der Waals surface area contributed by atoms with E-state index in [1.54, 1.807) is 0 Å². The highest BCUT2D eigenvalue weighted by molar-refractivity contribution is 6.09. The molecule has 7 aromatic rings. The van der Waals surface area contributed by atoms with Gasteiger partial charge in [-0.2, -0.15) is 0 Å². The second-order valence-corrected chi connectivity index (χ2v) is 11.4. The lowest BCUT2D eigenvalue weighted by atomic mass is 9.80. The van der Waals surface area contributed by atoms with Crippen LogP contribution in [0.1, 0.15) is 27.8 Å². The summed E-state index contributed by atoms with van der Waals surface area (Å²) in [6.45, 7) is 0. The Bertz CT molecular complexity index is 2210. The van der Waals surface area contributed by atoms with Gasteiger partial charge in [0.15, 0.2) is 11.6 Å². The Morgan fingerprint density at radius 2 is 1.05 bits per heavy atom. The van der Waals surface area contributed by atoms with E-state index in [1.165, 1.54) is 54.9 Å². The molecule has 0 amide bonds. The maximum Gasteiger partial charge on any atom is 0.168 e. The van der Waals surface area contributed by atoms with Gasteiger partial charge in [0.1, 0.15) is 0 Å². The molecule has 0 N–H and O–H groups in total. The van der Waals surface area contributed by atoms with Crippen molar-refractivity contribution in [3.8, 4) is 22.8 Å². The number of nitrogens with zero attached hydrogens (tertiary/aromatic N) is 3. The van der Waals surface area contributed by atoms with Gasteiger partial charge in [0.25, 0.3) is 0 Å². The summed E-state index contributed by atoms with van der Waals surface area (Å²) in [5.41, 5.74) is 11.1. The molecule has 202 valence electrons. The summed E-state index contributed by atoms with van der Waals surface area (Å²) >= 11 is 0. The molecule has 6 aromatic carbocycles. The zero-order valence-electron chi connectivity index (χ0n) is 23.5. The van der Waals surface area contributed by atoms with Crippen molar-refractivity contribution in [3.05, 3.63) is 167 Å². The molecule has 0 spiro atoms. The van der Waals surface area contributed by atoms with E-state index in [2.05, 4.69) is 132 Å². The summed E-state index contributed by atoms with van der Waals surface area (Å²) in [5.74, 6) is 1.71. The molecule has 3 nitrogen and oxygen atoms in total. The summed E-state index contributed by atoms with van der Waals surface area (Å²) in [7, 11) is 0. The Balaban J connectivity index is 1.26. The summed E-state index contributed by atoms with van der Waals surface area (Å²) in [6.07, 6.45) is 6.54. The third-order valence-corrected chi connectivity index (χ3v) is 8.97. The average molecular weight is 550 g/mol. The van der Waals surface area contributed by atoms with E-state index in [0.29, 0.717) is 0 Å². The van der Waals surface area contributed by atoms with Crippen LogP contribution in [0.5, 0.6) is 0 Å². The molecule has 0 aliphatic heterocycles. The van der Waals surface area contributed by atoms with Gasteiger partial charge >= 0.3 is 0 Å². The maximum absolute atomic E-state index is 4.76. The molecular formula is C40H27N3. The van der Waals surface area contributed by atoms with Crippen LogP contribution in [0.4, 0.5) is 0 Å². The molecule has 2 aliphatic carbocycles. The zero-order valence-corrected chi connectivity index (χ0v) is 23.5. The molecule has 0 atom stereocenters. The molecular weight excluding hydrogens is 522 g/mol. The Hall–Kier alpha value is -5.54. The minimum Gasteiger partial charge on any atom is -0.275 e. The molecule has 1 heterocycles. The van der Waals surface area contributed by atoms with Gasteiger partial charge in [-0.15, -0.1) is 10.2 Å². The second kappa shape index (κ2) is 9.50. The summed E-state index contributed by atoms with van der Waals surface area (Å²) < 4.78 is 2.26. The lowest BCUT2D eigenvalue weighted by molar-refractivity contribution is 1.08. The van der Waals surface area contributed by atoms with Gasteiger partial charge in [-0.05, 0) is 68.3 Å². The first-order chi connectivity index (χ1) is 21.3. The molecule has 0 radical (unpaired) electrons. The van der Waals surface area contributed by atoms with E-state index in [1.807, 2.05) is 12.1 Å². The Labute approximate surface area is 250 Å². The molecule has 2 aliphatic rings. The van der Waals surface area contributed by atoms with Crippen LogP contribution >= 0.6 is 0 Å². The quantitative estimate of drug-likeness (QED) is 0.219. The Morgan fingerprint density at radius 3 is 1.74 bits per heavy atom. The van der Waals surface area contributed by atoms with Gasteiger partial charge in [0, 0.05) is 16.7 Å². The van der Waals surface area contributed by atoms with Crippen LogP contribution in [-0.2, 0) is 12.8 Å². The van der Waals surface area contributed by atoms with Crippen molar-refractivity contribution in [2.75, 3.05) is 0 Å². The van der Waals surface area contributed by atoms with Crippen molar-refractivity contribution < 1.29 is 0 Å². The largest absolute Gasteiger partial charge is 0.275 e. The lowest BCUT2D eigenvalue weighted by Gasteiger charge is -2.27. The van der Waals surface area contributed by atoms with E-state index in [0.717, 1.165) is 41.3 Å². The van der Waals surface area contributed by atoms with Crippen molar-refractivity contribution in [1.82, 2.24) is 14.8 Å². The molecule has 1 aromatic heterocycles. The van der Waals surface area contributed by atoms with E-state index in [4.69, 9.17) is 10.2 Å². The average Bonchev–Trinajstić information content (AvgIpc) is 3.52. The predicted molar refractivity (Wildman–Crippen MR) is 177 cm³/mol. The monoisotopic (exact) mass is 549 g/mol. The molecule has 0 unspecified atom stereocenters. The molecule has 9 rings (SSSR count). The third kappa shape index (κ3) is 3.75. The highest BCUT2D eigenvalue weighted by atomic mass is 15.3. The molecule has 3 heteroatoms. The van der Waals surface area contributed by atoms with Gasteiger partial charge in [-0.1, -0.05) is 133 Å². The van der Waals surface area contributed by atoms with Crippen molar-refractivity contribution >= 4 is 32.8 Å². The van der Waals surface area contributed by atoms with Crippen molar-refractivity contribution in [3.63, 3.8) is 0 Å². The standard InChI is InChI=1S/C40H27N3/c1-3-10-29(11-4-1)39-41-42-40(30-12-5-2-6-13-30)43(39)36-24-20-28-18-22-34-33(21-17-27-19-23-35(36)38(28)37(27)34)32-16-15-26-9-7-8-14-31(26)25-32/h1-16,18-19,21-25H,17,20H2. The van der Waals surface area contributed by atoms with Crippen LogP contribution < -0.4 is 0 Å². The number of allylic oxidation sites excluding steroid dienone is 2. The van der Waals surface area contributed by atoms with Gasteiger partial charge in [0.2, 0.25) is 0 Å². The summed E-state index contributed by atoms with van der Waals surface area (Å²) in [4.78, 5) is 0. The van der Waals surface area contributed by atoms with Crippen LogP contribution in [-0.4, -0.2) is 14.8 Å². The molecule has 0 fully saturated rings. The fourth-order valence-electron chi connectivity index (χ4n) is 6.96. The number of aromatic nitrogens is 3. The number of hydrogen-bond acceptors (Lipinski definition) is 2. The highest BCUT2D eigenvalue weighted by Crippen LogP contribution is 2.44. The second-order valence-electron chi connectivity index (χ2n) is 11.4. The first-order valence-electron chi connectivity index (χ1n) is 14.9. The van der Waals surface area contributed by atoms with Crippen LogP contribution in [0.2, 0.25) is 0 Å². The van der Waals surface area contributed by atoms with Crippen LogP contribution in [0.25, 0.3) is 55.6 Å². The van der Waals surface area contributed by atoms with E-state index in [-0.39, 0.29) is 0 Å². The number of hydrogen-bond donors (Lipinski definition) is 0. The first-order valence-corrected chi connectivity index (χ1v) is 14.9. The Kier molecular flexibility index (Phi) is 5.32. The topological polar surface area (TPSA) is 30.7 Å². The Morgan fingerprint density at radius 1 is 0.465 bits per heavy atom. The maximum atomic E-state index is 4.76. The normalized spacial score (nSPS) is 13.7. The van der Waals surface area contributed by atoms with Crippen LogP contribution in [0, 0.1) is 0 Å². The lowest BCUT2D eigenvalue weighted by Crippen LogP contribution is -2.11. The minimum atomic E-state index is 0.853. The molecule has 43 heavy (non-hydrogen) atoms. The van der Waals surface area contributed by atoms with Crippen molar-refractivity contribution in [2.45, 2.75) is 12.8 Å². The number of benzene rings is 6. The molecule has 0 bridgehead atoms. The number of rotatable bonds is 4. The highest BCUT2D eigenvalue weighted by Gasteiger charge is 2.27. The predicted octanol–water partition coefficient (Wildman–Crippen LogP) is 9.35. The third-order valence-electron chi connectivity index (χ3n) is 8.97. The van der Waals surface area contributed by atoms with Gasteiger partial charge in [-0.25, -0.2) is 0 Å². The van der Waals surface area contributed by atoms with E-state index >= 15 is 0 Å². The fourth-order valence-corrected chi connectivity index (χ4v) is 6.96. The molecule has 0 saturated carbocycles. The van der Waals surface area contributed by atoms with Crippen molar-refractivity contribution in [1.29, 1.82) is 0 Å². The van der Waals surface area contributed by atoms with Gasteiger partial charge < -0.3 is 0 Å². The summed E-state index contributed by atoms with van der Waals surface area (Å²) in [6, 6.07) is 45.6. The van der Waals surface area contributed by atoms with Gasteiger partial charge in [0.05, 0.1) is 5.70 Å². The molecule has 0 saturated heterocycles. The minimum absolute atomic E-state index is 0.853. The van der Waals surface area contributed by atoms with Crippen LogP contribution in [0.15, 0.2) is 140 Å². The van der Waals surface area contributed by atoms with Crippen molar-refractivity contribution in [2.24, 2.45) is 0 Å². The van der Waals surface area contributed by atoms with E-state index in [9.17, 15) is 0 Å². The van der Waals surface area contributed by atoms with E-state index < -0.39 is 0 Å². The SMILES string of the molecule is C1=C(c2ccc3ccccc3c2)c2ccc3c4c(ccc(c24)C1)C(n1c(-c2ccccc2)nnc1-c1ccccc1)=CC3. The fraction of sp³-hybridized carbons (Fsp3) is 0.0500. The zero-order chi connectivity index (χ0) is 28.3. The summed E-state index contributed by atoms with van der Waals surface area (Å²) in [5, 5.41) is 14.8.